The van der Waals surface area contributed by atoms with Crippen molar-refractivity contribution in [2.75, 3.05) is 13.7 Å². The molecule has 0 spiro atoms. The maximum absolute atomic E-state index is 7.11. The summed E-state index contributed by atoms with van der Waals surface area (Å²) in [6.07, 6.45) is 7.73. The van der Waals surface area contributed by atoms with Crippen LogP contribution >= 0.6 is 0 Å². The van der Waals surface area contributed by atoms with Crippen molar-refractivity contribution >= 4 is 18.7 Å². The minimum Gasteiger partial charge on any atom is -0.497 e. The van der Waals surface area contributed by atoms with E-state index in [0.717, 1.165) is 36.5 Å². The number of ether oxygens (including phenoxy) is 3. The Morgan fingerprint density at radius 1 is 0.895 bits per heavy atom. The number of hydrogen-bond acceptors (Lipinski definition) is 4. The molecule has 2 fully saturated rings. The maximum Gasteiger partial charge on any atom is 0.261 e. The average Bonchev–Trinajstić information content (AvgIpc) is 3.69. The molecule has 3 aromatic rings. The summed E-state index contributed by atoms with van der Waals surface area (Å²) >= 11 is 0. The first-order valence-corrected chi connectivity index (χ1v) is 15.8. The zero-order valence-electron chi connectivity index (χ0n) is 23.1. The Morgan fingerprint density at radius 3 is 2.05 bits per heavy atom. The molecule has 3 aromatic carbocycles. The van der Waals surface area contributed by atoms with Crippen molar-refractivity contribution in [2.24, 2.45) is 0 Å². The molecule has 0 N–H and O–H groups in total. The van der Waals surface area contributed by atoms with Gasteiger partial charge in [-0.3, -0.25) is 0 Å². The highest BCUT2D eigenvalue weighted by molar-refractivity contribution is 6.99. The first kappa shape index (κ1) is 26.7. The van der Waals surface area contributed by atoms with Gasteiger partial charge in [-0.05, 0) is 71.4 Å². The van der Waals surface area contributed by atoms with E-state index in [9.17, 15) is 0 Å². The summed E-state index contributed by atoms with van der Waals surface area (Å²) < 4.78 is 25.2. The monoisotopic (exact) mass is 528 g/mol. The molecule has 38 heavy (non-hydrogen) atoms. The molecule has 2 aliphatic rings. The molecule has 0 radical (unpaired) electrons. The van der Waals surface area contributed by atoms with E-state index in [1.807, 2.05) is 24.3 Å². The summed E-state index contributed by atoms with van der Waals surface area (Å²) in [5, 5.41) is 2.55. The van der Waals surface area contributed by atoms with E-state index in [1.54, 1.807) is 7.11 Å². The van der Waals surface area contributed by atoms with Crippen molar-refractivity contribution in [3.63, 3.8) is 0 Å². The van der Waals surface area contributed by atoms with Gasteiger partial charge in [-0.2, -0.15) is 0 Å². The summed E-state index contributed by atoms with van der Waals surface area (Å²) in [6, 6.07) is 29.4. The Balaban J connectivity index is 1.41. The largest absolute Gasteiger partial charge is 0.497 e. The van der Waals surface area contributed by atoms with Gasteiger partial charge >= 0.3 is 0 Å². The molecule has 0 bridgehead atoms. The number of rotatable bonds is 10. The lowest BCUT2D eigenvalue weighted by atomic mass is 9.87. The fourth-order valence-corrected chi connectivity index (χ4v) is 10.6. The molecule has 5 heteroatoms. The van der Waals surface area contributed by atoms with E-state index >= 15 is 0 Å². The molecule has 5 rings (SSSR count). The zero-order valence-corrected chi connectivity index (χ0v) is 24.1. The molecule has 0 amide bonds. The van der Waals surface area contributed by atoms with Gasteiger partial charge in [-0.25, -0.2) is 0 Å². The van der Waals surface area contributed by atoms with Gasteiger partial charge in [0, 0.05) is 6.61 Å². The summed E-state index contributed by atoms with van der Waals surface area (Å²) in [6.45, 7) is 7.56. The van der Waals surface area contributed by atoms with Gasteiger partial charge in [0.15, 0.2) is 5.60 Å². The van der Waals surface area contributed by atoms with Crippen LogP contribution in [0.4, 0.5) is 0 Å². The van der Waals surface area contributed by atoms with E-state index < -0.39 is 8.32 Å². The van der Waals surface area contributed by atoms with E-state index in [4.69, 9.17) is 18.6 Å². The molecule has 0 aromatic heterocycles. The van der Waals surface area contributed by atoms with Gasteiger partial charge in [0.25, 0.3) is 8.32 Å². The first-order valence-electron chi connectivity index (χ1n) is 13.8. The fourth-order valence-electron chi connectivity index (χ4n) is 6.02. The quantitative estimate of drug-likeness (QED) is 0.128. The van der Waals surface area contributed by atoms with Crippen LogP contribution in [0.2, 0.25) is 5.04 Å². The van der Waals surface area contributed by atoms with Gasteiger partial charge in [0.05, 0.1) is 13.2 Å². The van der Waals surface area contributed by atoms with Gasteiger partial charge in [-0.1, -0.05) is 87.9 Å². The minimum atomic E-state index is -2.57. The smallest absolute Gasteiger partial charge is 0.261 e. The average molecular weight is 529 g/mol. The molecule has 1 aliphatic carbocycles. The Morgan fingerprint density at radius 2 is 1.50 bits per heavy atom. The van der Waals surface area contributed by atoms with Crippen molar-refractivity contribution in [2.45, 2.75) is 69.6 Å². The van der Waals surface area contributed by atoms with Crippen LogP contribution in [0.1, 0.15) is 52.9 Å². The lowest BCUT2D eigenvalue weighted by molar-refractivity contribution is 0.243. The summed E-state index contributed by atoms with van der Waals surface area (Å²) in [4.78, 5) is 0. The van der Waals surface area contributed by atoms with E-state index in [-0.39, 0.29) is 16.7 Å². The molecule has 1 heterocycles. The van der Waals surface area contributed by atoms with Crippen LogP contribution in [0, 0.1) is 0 Å². The molecule has 4 nitrogen and oxygen atoms in total. The van der Waals surface area contributed by atoms with Crippen LogP contribution in [0.3, 0.4) is 0 Å². The Kier molecular flexibility index (Phi) is 7.80. The third kappa shape index (κ3) is 5.20. The second kappa shape index (κ2) is 11.1. The van der Waals surface area contributed by atoms with Crippen molar-refractivity contribution in [3.05, 3.63) is 96.8 Å². The molecule has 1 saturated heterocycles. The predicted molar refractivity (Wildman–Crippen MR) is 156 cm³/mol. The number of fused-ring (bicyclic) bond motifs is 1. The Bertz CT molecular complexity index is 1180. The van der Waals surface area contributed by atoms with Crippen molar-refractivity contribution in [1.82, 2.24) is 0 Å². The maximum atomic E-state index is 7.11. The van der Waals surface area contributed by atoms with Crippen LogP contribution < -0.4 is 19.8 Å². The van der Waals surface area contributed by atoms with Crippen LogP contribution in [-0.4, -0.2) is 33.7 Å². The standard InChI is InChI=1S/C33H40O4Si/c1-32(2,3)38(28-14-7-5-8-15-28,29-16-9-6-10-17-29)35-25-13-19-30(33-24-12-11-18-31(33)37-33)36-27-22-20-26(34-4)21-23-27/h5-10,14-17,19-23,31H,11-13,18,24-25H2,1-4H3/b30-19-/t31-,33-/m1/s1. The molecular formula is C33H40O4Si. The van der Waals surface area contributed by atoms with Crippen molar-refractivity contribution < 1.29 is 18.6 Å². The van der Waals surface area contributed by atoms with Crippen molar-refractivity contribution in [3.8, 4) is 11.5 Å². The van der Waals surface area contributed by atoms with Gasteiger partial charge < -0.3 is 18.6 Å². The second-order valence-corrected chi connectivity index (χ2v) is 15.7. The number of methoxy groups -OCH3 is 1. The topological polar surface area (TPSA) is 40.2 Å². The van der Waals surface area contributed by atoms with Gasteiger partial charge in [-0.15, -0.1) is 0 Å². The molecule has 2 atom stereocenters. The first-order chi connectivity index (χ1) is 18.4. The van der Waals surface area contributed by atoms with E-state index in [2.05, 4.69) is 87.5 Å². The highest BCUT2D eigenvalue weighted by atomic mass is 28.4. The third-order valence-electron chi connectivity index (χ3n) is 7.97. The summed E-state index contributed by atoms with van der Waals surface area (Å²) in [5.74, 6) is 2.55. The summed E-state index contributed by atoms with van der Waals surface area (Å²) in [7, 11) is -0.892. The van der Waals surface area contributed by atoms with Crippen LogP contribution in [-0.2, 0) is 9.16 Å². The van der Waals surface area contributed by atoms with Gasteiger partial charge in [0.1, 0.15) is 17.3 Å². The fraction of sp³-hybridized carbons (Fsp3) is 0.394. The zero-order chi connectivity index (χ0) is 26.6. The lowest BCUT2D eigenvalue weighted by Crippen LogP contribution is -2.66. The highest BCUT2D eigenvalue weighted by Crippen LogP contribution is 2.53. The van der Waals surface area contributed by atoms with Crippen LogP contribution in [0.15, 0.2) is 96.8 Å². The molecule has 200 valence electrons. The number of epoxide rings is 1. The van der Waals surface area contributed by atoms with Crippen molar-refractivity contribution in [1.29, 1.82) is 0 Å². The molecular weight excluding hydrogens is 488 g/mol. The predicted octanol–water partition coefficient (Wildman–Crippen LogP) is 6.64. The SMILES string of the molecule is COc1ccc(O/C(=C\CCO[Si](c2ccccc2)(c2ccccc2)C(C)(C)C)[C@]23CCCC[C@H]2O3)cc1. The minimum absolute atomic E-state index is 0.0470. The Hall–Kier alpha value is -2.86. The molecule has 1 saturated carbocycles. The lowest BCUT2D eigenvalue weighted by Gasteiger charge is -2.43. The molecule has 0 unspecified atom stereocenters. The summed E-state index contributed by atoms with van der Waals surface area (Å²) in [5.41, 5.74) is -0.282. The Labute approximate surface area is 228 Å². The third-order valence-corrected chi connectivity index (χ3v) is 13.0. The van der Waals surface area contributed by atoms with E-state index in [0.29, 0.717) is 6.61 Å². The van der Waals surface area contributed by atoms with E-state index in [1.165, 1.54) is 23.2 Å². The van der Waals surface area contributed by atoms with Crippen LogP contribution in [0.5, 0.6) is 11.5 Å². The normalized spacial score (nSPS) is 21.5. The highest BCUT2D eigenvalue weighted by Gasteiger charge is 2.61. The number of benzene rings is 3. The molecule has 1 aliphatic heterocycles. The van der Waals surface area contributed by atoms with Gasteiger partial charge in [0.2, 0.25) is 0 Å². The second-order valence-electron chi connectivity index (χ2n) is 11.4. The number of hydrogen-bond donors (Lipinski definition) is 0. The van der Waals surface area contributed by atoms with Crippen LogP contribution in [0.25, 0.3) is 0 Å².